The van der Waals surface area contributed by atoms with Crippen molar-refractivity contribution < 1.29 is 14.3 Å². The fraction of sp³-hybridized carbons (Fsp3) is 0.429. The molecule has 0 radical (unpaired) electrons. The van der Waals surface area contributed by atoms with Crippen molar-refractivity contribution in [3.05, 3.63) is 28.3 Å². The second-order valence-electron chi connectivity index (χ2n) is 5.42. The Balaban J connectivity index is 1.82. The van der Waals surface area contributed by atoms with E-state index in [1.165, 1.54) is 12.1 Å². The molecule has 5 nitrogen and oxygen atoms in total. The molecule has 3 rings (SSSR count). The minimum atomic E-state index is -0.501. The molecule has 0 bridgehead atoms. The first-order valence-electron chi connectivity index (χ1n) is 6.92. The third-order valence-corrected chi connectivity index (χ3v) is 4.18. The van der Waals surface area contributed by atoms with Gasteiger partial charge in [0.1, 0.15) is 5.82 Å². The zero-order chi connectivity index (χ0) is 15.0. The number of halogens is 1. The molecule has 0 aliphatic heterocycles. The van der Waals surface area contributed by atoms with Gasteiger partial charge < -0.3 is 20.4 Å². The van der Waals surface area contributed by atoms with Crippen molar-refractivity contribution in [1.29, 1.82) is 0 Å². The summed E-state index contributed by atoms with van der Waals surface area (Å²) in [6.07, 6.45) is 2.27. The maximum absolute atomic E-state index is 13.6. The number of aliphatic hydroxyl groups is 1. The molecule has 2 atom stereocenters. The fourth-order valence-corrected chi connectivity index (χ4v) is 3.07. The summed E-state index contributed by atoms with van der Waals surface area (Å²) in [6, 6.07) is 2.47. The number of hydrogen-bond donors (Lipinski definition) is 4. The third-order valence-electron chi connectivity index (χ3n) is 3.98. The molecule has 0 saturated heterocycles. The molecule has 2 aromatic rings. The van der Waals surface area contributed by atoms with Crippen LogP contribution in [0.25, 0.3) is 11.0 Å². The van der Waals surface area contributed by atoms with E-state index < -0.39 is 5.82 Å². The van der Waals surface area contributed by atoms with Crippen LogP contribution in [0, 0.1) is 16.5 Å². The highest BCUT2D eigenvalue weighted by Crippen LogP contribution is 2.25. The van der Waals surface area contributed by atoms with Crippen LogP contribution >= 0.6 is 12.2 Å². The zero-order valence-electron chi connectivity index (χ0n) is 11.3. The lowest BCUT2D eigenvalue weighted by Crippen LogP contribution is -2.32. The van der Waals surface area contributed by atoms with Gasteiger partial charge in [-0.05, 0) is 37.2 Å². The monoisotopic (exact) mass is 309 g/mol. The molecule has 1 heterocycles. The first kappa shape index (κ1) is 14.2. The lowest BCUT2D eigenvalue weighted by Gasteiger charge is -2.15. The van der Waals surface area contributed by atoms with Crippen molar-refractivity contribution in [2.75, 3.05) is 6.54 Å². The average Bonchev–Trinajstić information content (AvgIpc) is 3.00. The van der Waals surface area contributed by atoms with Gasteiger partial charge in [0.05, 0.1) is 22.7 Å². The van der Waals surface area contributed by atoms with Gasteiger partial charge in [-0.15, -0.1) is 0 Å². The lowest BCUT2D eigenvalue weighted by atomic mass is 10.1. The number of aromatic amines is 2. The van der Waals surface area contributed by atoms with E-state index in [4.69, 9.17) is 12.2 Å². The molecule has 1 saturated carbocycles. The SMILES string of the molecule is O=C(NCC1CCCC1O)c1cc(F)cc2[nH]c(=S)[nH]c12. The van der Waals surface area contributed by atoms with Gasteiger partial charge in [-0.1, -0.05) is 6.42 Å². The van der Waals surface area contributed by atoms with Gasteiger partial charge in [-0.3, -0.25) is 4.79 Å². The van der Waals surface area contributed by atoms with Gasteiger partial charge in [-0.25, -0.2) is 4.39 Å². The van der Waals surface area contributed by atoms with Gasteiger partial charge >= 0.3 is 0 Å². The number of carbonyl (C=O) groups is 1. The standard InChI is InChI=1S/C14H16FN3O2S/c15-8-4-9(12-10(5-8)17-14(21)18-12)13(20)16-6-7-2-1-3-11(7)19/h4-5,7,11,19H,1-3,6H2,(H,16,20)(H2,17,18,21). The number of benzene rings is 1. The number of aromatic nitrogens is 2. The van der Waals surface area contributed by atoms with Crippen LogP contribution in [0.15, 0.2) is 12.1 Å². The molecule has 1 amide bonds. The first-order chi connectivity index (χ1) is 10.0. The molecule has 112 valence electrons. The number of fused-ring (bicyclic) bond motifs is 1. The molecule has 4 N–H and O–H groups in total. The summed E-state index contributed by atoms with van der Waals surface area (Å²) in [4.78, 5) is 17.9. The van der Waals surface area contributed by atoms with E-state index in [9.17, 15) is 14.3 Å². The molecule has 2 unspecified atom stereocenters. The number of imidazole rings is 1. The number of nitrogens with one attached hydrogen (secondary N) is 3. The smallest absolute Gasteiger partial charge is 0.253 e. The highest BCUT2D eigenvalue weighted by molar-refractivity contribution is 7.71. The topological polar surface area (TPSA) is 80.9 Å². The average molecular weight is 309 g/mol. The number of hydrogen-bond acceptors (Lipinski definition) is 3. The molecule has 1 aromatic carbocycles. The van der Waals surface area contributed by atoms with Crippen molar-refractivity contribution in [2.45, 2.75) is 25.4 Å². The van der Waals surface area contributed by atoms with E-state index in [0.29, 0.717) is 22.3 Å². The Bertz CT molecular complexity index is 739. The zero-order valence-corrected chi connectivity index (χ0v) is 12.1. The van der Waals surface area contributed by atoms with Crippen LogP contribution in [0.4, 0.5) is 4.39 Å². The van der Waals surface area contributed by atoms with Crippen molar-refractivity contribution in [3.63, 3.8) is 0 Å². The highest BCUT2D eigenvalue weighted by atomic mass is 32.1. The van der Waals surface area contributed by atoms with Crippen LogP contribution in [0.1, 0.15) is 29.6 Å². The summed E-state index contributed by atoms with van der Waals surface area (Å²) in [5.74, 6) is -0.801. The van der Waals surface area contributed by atoms with Crippen molar-refractivity contribution >= 4 is 29.2 Å². The van der Waals surface area contributed by atoms with Crippen LogP contribution in [0.5, 0.6) is 0 Å². The molecule has 1 aliphatic carbocycles. The lowest BCUT2D eigenvalue weighted by molar-refractivity contribution is 0.0918. The summed E-state index contributed by atoms with van der Waals surface area (Å²) >= 11 is 4.97. The van der Waals surface area contributed by atoms with E-state index in [1.807, 2.05) is 0 Å². The second-order valence-corrected chi connectivity index (χ2v) is 5.83. The summed E-state index contributed by atoms with van der Waals surface area (Å²) < 4.78 is 13.9. The Morgan fingerprint density at radius 1 is 1.43 bits per heavy atom. The maximum Gasteiger partial charge on any atom is 0.253 e. The summed E-state index contributed by atoms with van der Waals surface area (Å²) in [5, 5.41) is 12.5. The second kappa shape index (κ2) is 5.57. The Morgan fingerprint density at radius 2 is 2.24 bits per heavy atom. The molecular formula is C14H16FN3O2S. The van der Waals surface area contributed by atoms with Crippen molar-refractivity contribution in [1.82, 2.24) is 15.3 Å². The maximum atomic E-state index is 13.6. The number of aliphatic hydroxyl groups excluding tert-OH is 1. The van der Waals surface area contributed by atoms with E-state index in [-0.39, 0.29) is 23.5 Å². The number of rotatable bonds is 3. The predicted molar refractivity (Wildman–Crippen MR) is 79.1 cm³/mol. The summed E-state index contributed by atoms with van der Waals surface area (Å²) in [7, 11) is 0. The molecule has 1 aliphatic rings. The van der Waals surface area contributed by atoms with Crippen molar-refractivity contribution in [3.8, 4) is 0 Å². The van der Waals surface area contributed by atoms with E-state index >= 15 is 0 Å². The number of H-pyrrole nitrogens is 2. The molecular weight excluding hydrogens is 293 g/mol. The van der Waals surface area contributed by atoms with Gasteiger partial charge in [-0.2, -0.15) is 0 Å². The molecule has 1 aromatic heterocycles. The normalized spacial score (nSPS) is 21.8. The third kappa shape index (κ3) is 2.84. The van der Waals surface area contributed by atoms with Gasteiger partial charge in [0, 0.05) is 12.5 Å². The van der Waals surface area contributed by atoms with E-state index in [0.717, 1.165) is 19.3 Å². The Labute approximate surface area is 125 Å². The molecule has 21 heavy (non-hydrogen) atoms. The molecule has 7 heteroatoms. The van der Waals surface area contributed by atoms with Crippen LogP contribution < -0.4 is 5.32 Å². The van der Waals surface area contributed by atoms with Crippen molar-refractivity contribution in [2.24, 2.45) is 5.92 Å². The van der Waals surface area contributed by atoms with Crippen LogP contribution in [0.2, 0.25) is 0 Å². The van der Waals surface area contributed by atoms with Gasteiger partial charge in [0.15, 0.2) is 4.77 Å². The van der Waals surface area contributed by atoms with E-state index in [2.05, 4.69) is 15.3 Å². The summed E-state index contributed by atoms with van der Waals surface area (Å²) in [5.41, 5.74) is 1.17. The largest absolute Gasteiger partial charge is 0.393 e. The van der Waals surface area contributed by atoms with Crippen LogP contribution in [0.3, 0.4) is 0 Å². The number of carbonyl (C=O) groups excluding carboxylic acids is 1. The molecule has 1 fully saturated rings. The van der Waals surface area contributed by atoms with Crippen LogP contribution in [-0.2, 0) is 0 Å². The Morgan fingerprint density at radius 3 is 2.95 bits per heavy atom. The van der Waals surface area contributed by atoms with Crippen LogP contribution in [-0.4, -0.2) is 33.6 Å². The minimum absolute atomic E-state index is 0.0720. The molecule has 0 spiro atoms. The number of amides is 1. The summed E-state index contributed by atoms with van der Waals surface area (Å²) in [6.45, 7) is 0.392. The predicted octanol–water partition coefficient (Wildman–Crippen LogP) is 2.26. The Kier molecular flexibility index (Phi) is 3.77. The minimum Gasteiger partial charge on any atom is -0.393 e. The fourth-order valence-electron chi connectivity index (χ4n) is 2.86. The van der Waals surface area contributed by atoms with Gasteiger partial charge in [0.25, 0.3) is 5.91 Å². The highest BCUT2D eigenvalue weighted by Gasteiger charge is 2.25. The first-order valence-corrected chi connectivity index (χ1v) is 7.33. The Hall–Kier alpha value is -1.73. The quantitative estimate of drug-likeness (QED) is 0.657. The van der Waals surface area contributed by atoms with Gasteiger partial charge in [0.2, 0.25) is 0 Å². The van der Waals surface area contributed by atoms with E-state index in [1.54, 1.807) is 0 Å².